The van der Waals surface area contributed by atoms with E-state index < -0.39 is 0 Å². The lowest BCUT2D eigenvalue weighted by Gasteiger charge is -2.50. The number of hydrogen-bond donors (Lipinski definition) is 0. The first-order chi connectivity index (χ1) is 33.3. The van der Waals surface area contributed by atoms with Gasteiger partial charge in [-0.3, -0.25) is 0 Å². The van der Waals surface area contributed by atoms with Crippen LogP contribution < -0.4 is 26.2 Å². The number of benzene rings is 7. The molecule has 348 valence electrons. The second kappa shape index (κ2) is 13.8. The number of rotatable bonds is 2. The molecule has 0 bridgehead atoms. The van der Waals surface area contributed by atoms with Crippen LogP contribution in [0.5, 0.6) is 0 Å². The third-order valence-electron chi connectivity index (χ3n) is 17.8. The zero-order chi connectivity index (χ0) is 48.2. The zero-order valence-corrected chi connectivity index (χ0v) is 43.5. The maximum atomic E-state index is 6.74. The summed E-state index contributed by atoms with van der Waals surface area (Å²) in [5, 5.41) is 4.99. The first kappa shape index (κ1) is 42.6. The van der Waals surface area contributed by atoms with E-state index in [2.05, 4.69) is 218 Å². The Bertz CT molecular complexity index is 3920. The second-order valence-electron chi connectivity index (χ2n) is 24.9. The number of para-hydroxylation sites is 1. The second-order valence-corrected chi connectivity index (χ2v) is 25.9. The van der Waals surface area contributed by atoms with Crippen molar-refractivity contribution < 1.29 is 4.42 Å². The number of furan rings is 1. The summed E-state index contributed by atoms with van der Waals surface area (Å²) < 4.78 is 12.1. The number of fused-ring (bicyclic) bond motifs is 15. The molecule has 0 saturated heterocycles. The number of hydrogen-bond acceptors (Lipinski definition) is 4. The molecule has 7 aromatic carbocycles. The molecule has 1 aliphatic carbocycles. The maximum absolute atomic E-state index is 6.74. The van der Waals surface area contributed by atoms with Crippen LogP contribution in [0.4, 0.5) is 28.4 Å². The highest BCUT2D eigenvalue weighted by molar-refractivity contribution is 7.26. The van der Waals surface area contributed by atoms with Crippen LogP contribution >= 0.6 is 11.3 Å². The third-order valence-corrected chi connectivity index (χ3v) is 19.0. The fraction of sp³-hybridized carbons (Fsp3) is 0.312. The van der Waals surface area contributed by atoms with E-state index in [-0.39, 0.29) is 33.9 Å². The van der Waals surface area contributed by atoms with Crippen molar-refractivity contribution in [1.82, 2.24) is 4.57 Å². The molecule has 2 unspecified atom stereocenters. The van der Waals surface area contributed by atoms with Gasteiger partial charge in [0.1, 0.15) is 11.2 Å². The summed E-state index contributed by atoms with van der Waals surface area (Å²) in [6.07, 6.45) is 4.82. The Labute approximate surface area is 417 Å². The van der Waals surface area contributed by atoms with Crippen molar-refractivity contribution in [2.75, 3.05) is 9.80 Å². The van der Waals surface area contributed by atoms with E-state index in [0.717, 1.165) is 34.0 Å². The van der Waals surface area contributed by atoms with Gasteiger partial charge in [-0.2, -0.15) is 0 Å². The van der Waals surface area contributed by atoms with Crippen molar-refractivity contribution in [3.8, 4) is 5.69 Å². The van der Waals surface area contributed by atoms with Crippen LogP contribution in [0.2, 0.25) is 0 Å². The molecule has 1 fully saturated rings. The van der Waals surface area contributed by atoms with Gasteiger partial charge in [-0.15, -0.1) is 11.3 Å². The average Bonchev–Trinajstić information content (AvgIpc) is 4.04. The largest absolute Gasteiger partial charge is 0.456 e. The van der Waals surface area contributed by atoms with Crippen molar-refractivity contribution in [1.29, 1.82) is 0 Å². The van der Waals surface area contributed by atoms with Crippen molar-refractivity contribution in [2.45, 2.75) is 129 Å². The molecular weight excluding hydrogens is 870 g/mol. The fourth-order valence-electron chi connectivity index (χ4n) is 13.8. The molecule has 70 heavy (non-hydrogen) atoms. The van der Waals surface area contributed by atoms with Gasteiger partial charge in [0.15, 0.2) is 0 Å². The van der Waals surface area contributed by atoms with Crippen LogP contribution in [0.1, 0.15) is 124 Å². The van der Waals surface area contributed by atoms with Crippen molar-refractivity contribution >= 4 is 116 Å². The predicted octanol–water partition coefficient (Wildman–Crippen LogP) is 16.1. The SMILES string of the molecule is CC(C)(C)c1cc2c3c(c1)-n1c4c(cc(C(C)(C)C)cc4c4sc5ccccc5c41)B3c1ccc(N3c4ccc(C(C)(C)C)cc4C4(C)CCCCC34C)cc1N2c1cccc2oc3ccccc3c12. The van der Waals surface area contributed by atoms with Gasteiger partial charge in [-0.25, -0.2) is 0 Å². The summed E-state index contributed by atoms with van der Waals surface area (Å²) in [7, 11) is 0. The standard InChI is InChI=1S/C64H62BN3OS/c1-60(2,3)37-25-28-47-44(32-37)63(10)29-16-17-30-64(63,11)68(47)40-26-27-45-49(36-40)66(48-21-18-23-53-55(48)41-19-12-14-22-52(41)69-53)50-34-39(62(7,8)9)35-51-56(50)65(45)46-33-38(61(4,5)6)31-43-57(46)67(51)58-42-20-13-15-24-54(42)70-59(43)58/h12-15,18-28,31-36H,16-17,29-30H2,1-11H3. The summed E-state index contributed by atoms with van der Waals surface area (Å²) >= 11 is 1.96. The Morgan fingerprint density at radius 3 is 2.03 bits per heavy atom. The van der Waals surface area contributed by atoms with Crippen LogP contribution in [0.15, 0.2) is 132 Å². The van der Waals surface area contributed by atoms with E-state index >= 15 is 0 Å². The highest BCUT2D eigenvalue weighted by Gasteiger charge is 2.58. The van der Waals surface area contributed by atoms with Gasteiger partial charge in [0.05, 0.1) is 32.3 Å². The maximum Gasteiger partial charge on any atom is 0.252 e. The van der Waals surface area contributed by atoms with E-state index in [0.29, 0.717) is 0 Å². The molecular formula is C64H62BN3OS. The first-order valence-electron chi connectivity index (χ1n) is 25.8. The number of anilines is 5. The molecule has 10 aromatic rings. The van der Waals surface area contributed by atoms with Gasteiger partial charge in [0, 0.05) is 54.7 Å². The van der Waals surface area contributed by atoms with Gasteiger partial charge in [-0.1, -0.05) is 149 Å². The fourth-order valence-corrected chi connectivity index (χ4v) is 15.0. The van der Waals surface area contributed by atoms with Crippen molar-refractivity contribution in [3.05, 3.63) is 150 Å². The Balaban J connectivity index is 1.13. The van der Waals surface area contributed by atoms with Gasteiger partial charge in [0.25, 0.3) is 6.71 Å². The molecule has 4 aliphatic rings. The molecule has 6 heteroatoms. The first-order valence-corrected chi connectivity index (χ1v) is 26.7. The minimum absolute atomic E-state index is 0.00271. The van der Waals surface area contributed by atoms with Crippen molar-refractivity contribution in [2.24, 2.45) is 0 Å². The van der Waals surface area contributed by atoms with E-state index in [9.17, 15) is 0 Å². The topological polar surface area (TPSA) is 24.6 Å². The smallest absolute Gasteiger partial charge is 0.252 e. The Kier molecular flexibility index (Phi) is 8.40. The van der Waals surface area contributed by atoms with E-state index in [4.69, 9.17) is 4.42 Å². The van der Waals surface area contributed by atoms with Gasteiger partial charge in [0.2, 0.25) is 0 Å². The van der Waals surface area contributed by atoms with E-state index in [1.165, 1.54) is 118 Å². The van der Waals surface area contributed by atoms with E-state index in [1.54, 1.807) is 0 Å². The van der Waals surface area contributed by atoms with Crippen LogP contribution in [0.3, 0.4) is 0 Å². The highest BCUT2D eigenvalue weighted by atomic mass is 32.1. The number of aromatic nitrogens is 1. The molecule has 14 rings (SSSR count). The third kappa shape index (κ3) is 5.49. The average molecular weight is 932 g/mol. The van der Waals surface area contributed by atoms with Crippen LogP contribution in [0, 0.1) is 0 Å². The summed E-state index contributed by atoms with van der Waals surface area (Å²) in [6, 6.07) is 49.7. The summed E-state index contributed by atoms with van der Waals surface area (Å²) in [6.45, 7) is 26.5. The highest BCUT2D eigenvalue weighted by Crippen LogP contribution is 2.62. The molecule has 3 aromatic heterocycles. The van der Waals surface area contributed by atoms with Crippen LogP contribution in [-0.4, -0.2) is 16.8 Å². The Morgan fingerprint density at radius 1 is 0.543 bits per heavy atom. The lowest BCUT2D eigenvalue weighted by Crippen LogP contribution is -2.61. The Morgan fingerprint density at radius 2 is 1.24 bits per heavy atom. The van der Waals surface area contributed by atoms with Gasteiger partial charge >= 0.3 is 0 Å². The molecule has 0 radical (unpaired) electrons. The lowest BCUT2D eigenvalue weighted by molar-refractivity contribution is 0.195. The number of thiophene rings is 1. The van der Waals surface area contributed by atoms with Gasteiger partial charge in [-0.05, 0) is 135 Å². The molecule has 0 N–H and O–H groups in total. The Hall–Kier alpha value is -6.24. The van der Waals surface area contributed by atoms with Crippen molar-refractivity contribution in [3.63, 3.8) is 0 Å². The summed E-state index contributed by atoms with van der Waals surface area (Å²) in [5.74, 6) is 0. The molecule has 6 heterocycles. The normalized spacial score (nSPS) is 19.7. The molecule has 0 spiro atoms. The quantitative estimate of drug-likeness (QED) is 0.161. The molecule has 1 saturated carbocycles. The summed E-state index contributed by atoms with van der Waals surface area (Å²) in [5.41, 5.74) is 21.6. The van der Waals surface area contributed by atoms with Gasteiger partial charge < -0.3 is 18.8 Å². The minimum Gasteiger partial charge on any atom is -0.456 e. The molecule has 3 aliphatic heterocycles. The molecule has 4 nitrogen and oxygen atoms in total. The molecule has 2 atom stereocenters. The zero-order valence-electron chi connectivity index (χ0n) is 42.7. The van der Waals surface area contributed by atoms with E-state index in [1.807, 2.05) is 11.3 Å². The summed E-state index contributed by atoms with van der Waals surface area (Å²) in [4.78, 5) is 5.45. The minimum atomic E-state index is -0.132. The molecule has 0 amide bonds. The van der Waals surface area contributed by atoms with Crippen LogP contribution in [-0.2, 0) is 21.7 Å². The predicted molar refractivity (Wildman–Crippen MR) is 302 cm³/mol. The van der Waals surface area contributed by atoms with Crippen LogP contribution in [0.25, 0.3) is 58.8 Å². The number of nitrogens with zero attached hydrogens (tertiary/aromatic N) is 3. The lowest BCUT2D eigenvalue weighted by atomic mass is 9.33. The monoisotopic (exact) mass is 931 g/mol.